The molecule has 1 aliphatic rings. The molecule has 0 saturated carbocycles. The molecule has 1 aromatic rings. The summed E-state index contributed by atoms with van der Waals surface area (Å²) < 4.78 is 5.17. The van der Waals surface area contributed by atoms with Crippen LogP contribution in [0, 0.1) is 0 Å². The van der Waals surface area contributed by atoms with Crippen LogP contribution in [-0.4, -0.2) is 42.1 Å². The second-order valence-electron chi connectivity index (χ2n) is 3.39. The van der Waals surface area contributed by atoms with Crippen molar-refractivity contribution in [3.8, 4) is 0 Å². The monoisotopic (exact) mass is 260 g/mol. The van der Waals surface area contributed by atoms with E-state index in [0.29, 0.717) is 36.9 Å². The Morgan fingerprint density at radius 1 is 1.38 bits per heavy atom. The van der Waals surface area contributed by atoms with Crippen LogP contribution >= 0.6 is 23.2 Å². The number of halogens is 2. The van der Waals surface area contributed by atoms with Gasteiger partial charge in [-0.3, -0.25) is 4.79 Å². The van der Waals surface area contributed by atoms with Crippen LogP contribution in [-0.2, 0) is 4.74 Å². The predicted octanol–water partition coefficient (Wildman–Crippen LogP) is 1.86. The molecular weight excluding hydrogens is 251 g/mol. The largest absolute Gasteiger partial charge is 0.378 e. The Balaban J connectivity index is 2.19. The fourth-order valence-electron chi connectivity index (χ4n) is 1.50. The van der Waals surface area contributed by atoms with Gasteiger partial charge in [0.1, 0.15) is 5.15 Å². The number of carbonyl (C=O) groups is 1. The van der Waals surface area contributed by atoms with E-state index < -0.39 is 0 Å². The summed E-state index contributed by atoms with van der Waals surface area (Å²) >= 11 is 11.6. The van der Waals surface area contributed by atoms with Gasteiger partial charge in [0.05, 0.1) is 23.8 Å². The number of amides is 1. The van der Waals surface area contributed by atoms with Crippen LogP contribution in [0.3, 0.4) is 0 Å². The maximum absolute atomic E-state index is 12.0. The maximum atomic E-state index is 12.0. The molecule has 0 spiro atoms. The number of nitrogens with zero attached hydrogens (tertiary/aromatic N) is 2. The number of rotatable bonds is 1. The molecule has 1 aromatic heterocycles. The van der Waals surface area contributed by atoms with E-state index in [1.165, 1.54) is 12.3 Å². The summed E-state index contributed by atoms with van der Waals surface area (Å²) in [6.07, 6.45) is 1.41. The number of ether oxygens (including phenoxy) is 1. The Bertz CT molecular complexity index is 406. The van der Waals surface area contributed by atoms with Crippen LogP contribution in [0.1, 0.15) is 10.4 Å². The van der Waals surface area contributed by atoms with Gasteiger partial charge in [-0.2, -0.15) is 0 Å². The van der Waals surface area contributed by atoms with Crippen molar-refractivity contribution in [3.63, 3.8) is 0 Å². The predicted molar refractivity (Wildman–Crippen MR) is 61.0 cm³/mol. The van der Waals surface area contributed by atoms with Crippen LogP contribution in [0.15, 0.2) is 12.3 Å². The molecule has 0 unspecified atom stereocenters. The Morgan fingerprint density at radius 2 is 2.06 bits per heavy atom. The van der Waals surface area contributed by atoms with Crippen molar-refractivity contribution >= 4 is 29.1 Å². The molecule has 1 fully saturated rings. The summed E-state index contributed by atoms with van der Waals surface area (Å²) in [4.78, 5) is 17.6. The van der Waals surface area contributed by atoms with E-state index in [1.54, 1.807) is 4.90 Å². The third-order valence-corrected chi connectivity index (χ3v) is 2.87. The SMILES string of the molecule is O=C(c1cnc(Cl)cc1Cl)N1CCOCC1. The van der Waals surface area contributed by atoms with Crippen LogP contribution in [0.2, 0.25) is 10.2 Å². The van der Waals surface area contributed by atoms with Crippen molar-refractivity contribution in [2.24, 2.45) is 0 Å². The smallest absolute Gasteiger partial charge is 0.257 e. The molecule has 0 aliphatic carbocycles. The summed E-state index contributed by atoms with van der Waals surface area (Å²) in [5, 5.41) is 0.611. The molecule has 2 rings (SSSR count). The van der Waals surface area contributed by atoms with E-state index in [4.69, 9.17) is 27.9 Å². The Labute approximate surface area is 103 Å². The third kappa shape index (κ3) is 2.45. The van der Waals surface area contributed by atoms with Gasteiger partial charge in [0.15, 0.2) is 0 Å². The van der Waals surface area contributed by atoms with E-state index in [1.807, 2.05) is 0 Å². The Kier molecular flexibility index (Phi) is 3.63. The highest BCUT2D eigenvalue weighted by Gasteiger charge is 2.20. The lowest BCUT2D eigenvalue weighted by molar-refractivity contribution is 0.0302. The first-order chi connectivity index (χ1) is 7.68. The van der Waals surface area contributed by atoms with Crippen LogP contribution in [0.5, 0.6) is 0 Å². The van der Waals surface area contributed by atoms with Gasteiger partial charge in [0.2, 0.25) is 0 Å². The van der Waals surface area contributed by atoms with E-state index in [0.717, 1.165) is 0 Å². The van der Waals surface area contributed by atoms with E-state index >= 15 is 0 Å². The first-order valence-corrected chi connectivity index (χ1v) is 5.62. The summed E-state index contributed by atoms with van der Waals surface area (Å²) in [6, 6.07) is 1.47. The van der Waals surface area contributed by atoms with Gasteiger partial charge in [-0.05, 0) is 6.07 Å². The van der Waals surface area contributed by atoms with Crippen molar-refractivity contribution in [1.29, 1.82) is 0 Å². The minimum Gasteiger partial charge on any atom is -0.378 e. The van der Waals surface area contributed by atoms with Gasteiger partial charge < -0.3 is 9.64 Å². The zero-order valence-electron chi connectivity index (χ0n) is 8.45. The number of pyridine rings is 1. The summed E-state index contributed by atoms with van der Waals surface area (Å²) in [7, 11) is 0. The Morgan fingerprint density at radius 3 is 2.69 bits per heavy atom. The number of carbonyl (C=O) groups excluding carboxylic acids is 1. The lowest BCUT2D eigenvalue weighted by Gasteiger charge is -2.27. The van der Waals surface area contributed by atoms with E-state index in [2.05, 4.69) is 4.98 Å². The molecule has 1 amide bonds. The zero-order valence-corrected chi connectivity index (χ0v) is 9.96. The first-order valence-electron chi connectivity index (χ1n) is 4.86. The van der Waals surface area contributed by atoms with Crippen molar-refractivity contribution in [3.05, 3.63) is 28.0 Å². The van der Waals surface area contributed by atoms with Gasteiger partial charge in [0, 0.05) is 19.3 Å². The lowest BCUT2D eigenvalue weighted by Crippen LogP contribution is -2.40. The average molecular weight is 261 g/mol. The highest BCUT2D eigenvalue weighted by atomic mass is 35.5. The Hall–Kier alpha value is -0.840. The normalized spacial score (nSPS) is 16.2. The minimum atomic E-state index is -0.127. The summed E-state index contributed by atoms with van der Waals surface area (Å²) in [6.45, 7) is 2.28. The van der Waals surface area contributed by atoms with Crippen molar-refractivity contribution in [1.82, 2.24) is 9.88 Å². The summed E-state index contributed by atoms with van der Waals surface area (Å²) in [5.41, 5.74) is 0.382. The molecule has 2 heterocycles. The molecule has 0 N–H and O–H groups in total. The molecule has 0 atom stereocenters. The van der Waals surface area contributed by atoms with Gasteiger partial charge in [-0.15, -0.1) is 0 Å². The quantitative estimate of drug-likeness (QED) is 0.724. The van der Waals surface area contributed by atoms with Crippen LogP contribution in [0.4, 0.5) is 0 Å². The zero-order chi connectivity index (χ0) is 11.5. The molecule has 0 bridgehead atoms. The highest BCUT2D eigenvalue weighted by Crippen LogP contribution is 2.20. The number of aromatic nitrogens is 1. The number of hydrogen-bond acceptors (Lipinski definition) is 3. The fraction of sp³-hybridized carbons (Fsp3) is 0.400. The highest BCUT2D eigenvalue weighted by molar-refractivity contribution is 6.36. The summed E-state index contributed by atoms with van der Waals surface area (Å²) in [5.74, 6) is -0.127. The number of morpholine rings is 1. The van der Waals surface area contributed by atoms with Crippen molar-refractivity contribution in [2.45, 2.75) is 0 Å². The first kappa shape index (κ1) is 11.6. The van der Waals surface area contributed by atoms with Crippen LogP contribution < -0.4 is 0 Å². The van der Waals surface area contributed by atoms with Crippen molar-refractivity contribution < 1.29 is 9.53 Å². The van der Waals surface area contributed by atoms with Gasteiger partial charge in [0.25, 0.3) is 5.91 Å². The van der Waals surface area contributed by atoms with Gasteiger partial charge in [-0.25, -0.2) is 4.98 Å². The molecule has 16 heavy (non-hydrogen) atoms. The standard InChI is InChI=1S/C10H10Cl2N2O2/c11-8-5-9(12)13-6-7(8)10(15)14-1-3-16-4-2-14/h5-6H,1-4H2. The van der Waals surface area contributed by atoms with Gasteiger partial charge in [-0.1, -0.05) is 23.2 Å². The molecule has 1 aliphatic heterocycles. The van der Waals surface area contributed by atoms with Crippen molar-refractivity contribution in [2.75, 3.05) is 26.3 Å². The second-order valence-corrected chi connectivity index (χ2v) is 4.19. The molecule has 6 heteroatoms. The van der Waals surface area contributed by atoms with Gasteiger partial charge >= 0.3 is 0 Å². The van der Waals surface area contributed by atoms with E-state index in [-0.39, 0.29) is 11.1 Å². The maximum Gasteiger partial charge on any atom is 0.257 e. The second kappa shape index (κ2) is 4.99. The average Bonchev–Trinajstić information content (AvgIpc) is 2.29. The minimum absolute atomic E-state index is 0.127. The van der Waals surface area contributed by atoms with E-state index in [9.17, 15) is 4.79 Å². The fourth-order valence-corrected chi connectivity index (χ4v) is 1.95. The molecule has 4 nitrogen and oxygen atoms in total. The topological polar surface area (TPSA) is 42.4 Å². The molecular formula is C10H10Cl2N2O2. The number of hydrogen-bond donors (Lipinski definition) is 0. The molecule has 86 valence electrons. The van der Waals surface area contributed by atoms with Crippen LogP contribution in [0.25, 0.3) is 0 Å². The molecule has 1 saturated heterocycles. The lowest BCUT2D eigenvalue weighted by atomic mass is 10.2. The third-order valence-electron chi connectivity index (χ3n) is 2.35. The molecule has 0 radical (unpaired) electrons. The molecule has 0 aromatic carbocycles.